The average molecular weight is 234 g/mol. The van der Waals surface area contributed by atoms with E-state index in [4.69, 9.17) is 0 Å². The number of phenolic OH excluding ortho intramolecular Hbond substituents is 2. The molecule has 0 aliphatic carbocycles. The summed E-state index contributed by atoms with van der Waals surface area (Å²) in [5.41, 5.74) is 0. The Morgan fingerprint density at radius 3 is 1.72 bits per heavy atom. The maximum atomic E-state index is 9.97. The molecule has 4 rings (SSSR count). The van der Waals surface area contributed by atoms with Crippen LogP contribution in [0.1, 0.15) is 0 Å². The van der Waals surface area contributed by atoms with Crippen molar-refractivity contribution in [1.29, 1.82) is 0 Å². The lowest BCUT2D eigenvalue weighted by Gasteiger charge is -2.12. The van der Waals surface area contributed by atoms with Gasteiger partial charge in [-0.2, -0.15) is 0 Å². The zero-order chi connectivity index (χ0) is 12.3. The van der Waals surface area contributed by atoms with E-state index < -0.39 is 0 Å². The predicted octanol–water partition coefficient (Wildman–Crippen LogP) is 4.00. The highest BCUT2D eigenvalue weighted by atomic mass is 16.3. The summed E-state index contributed by atoms with van der Waals surface area (Å²) >= 11 is 0. The monoisotopic (exact) mass is 234 g/mol. The summed E-state index contributed by atoms with van der Waals surface area (Å²) in [5.74, 6) is 0.247. The van der Waals surface area contributed by atoms with E-state index in [1.54, 1.807) is 0 Å². The topological polar surface area (TPSA) is 40.5 Å². The van der Waals surface area contributed by atoms with Gasteiger partial charge in [0.2, 0.25) is 0 Å². The highest BCUT2D eigenvalue weighted by molar-refractivity contribution is 6.25. The van der Waals surface area contributed by atoms with Gasteiger partial charge in [0.05, 0.1) is 0 Å². The Bertz CT molecular complexity index is 827. The lowest BCUT2D eigenvalue weighted by Crippen LogP contribution is -1.84. The molecule has 18 heavy (non-hydrogen) atoms. The lowest BCUT2D eigenvalue weighted by molar-refractivity contribution is 0.458. The van der Waals surface area contributed by atoms with E-state index in [9.17, 15) is 10.2 Å². The van der Waals surface area contributed by atoms with Crippen molar-refractivity contribution in [2.24, 2.45) is 0 Å². The molecule has 0 aromatic heterocycles. The van der Waals surface area contributed by atoms with Crippen molar-refractivity contribution in [3.63, 3.8) is 0 Å². The molecule has 0 amide bonds. The van der Waals surface area contributed by atoms with Crippen LogP contribution >= 0.6 is 0 Å². The minimum atomic E-state index is 0.123. The van der Waals surface area contributed by atoms with Gasteiger partial charge >= 0.3 is 0 Å². The standard InChI is InChI=1S/C16H10O2/c17-13-8-14(18)12-7-5-10-3-1-2-9-4-6-11(13)16(12)15(9)10/h1-8,17-18H. The van der Waals surface area contributed by atoms with Crippen LogP contribution in [0.4, 0.5) is 0 Å². The molecule has 2 N–H and O–H groups in total. The van der Waals surface area contributed by atoms with Crippen LogP contribution in [0.3, 0.4) is 0 Å². The van der Waals surface area contributed by atoms with Gasteiger partial charge in [-0.05, 0) is 28.3 Å². The van der Waals surface area contributed by atoms with E-state index in [2.05, 4.69) is 0 Å². The fourth-order valence-corrected chi connectivity index (χ4v) is 2.79. The molecule has 4 aromatic carbocycles. The second-order valence-corrected chi connectivity index (χ2v) is 4.60. The van der Waals surface area contributed by atoms with Crippen LogP contribution in [0.2, 0.25) is 0 Å². The predicted molar refractivity (Wildman–Crippen MR) is 73.5 cm³/mol. The van der Waals surface area contributed by atoms with Crippen LogP contribution in [-0.4, -0.2) is 10.2 Å². The molecule has 0 saturated carbocycles. The first-order valence-corrected chi connectivity index (χ1v) is 5.84. The second-order valence-electron chi connectivity index (χ2n) is 4.60. The summed E-state index contributed by atoms with van der Waals surface area (Å²) < 4.78 is 0. The molecule has 0 unspecified atom stereocenters. The quantitative estimate of drug-likeness (QED) is 0.451. The molecule has 0 aliphatic rings. The van der Waals surface area contributed by atoms with Crippen LogP contribution < -0.4 is 0 Å². The molecule has 0 aliphatic heterocycles. The maximum Gasteiger partial charge on any atom is 0.127 e. The molecule has 0 radical (unpaired) electrons. The first-order chi connectivity index (χ1) is 8.75. The Kier molecular flexibility index (Phi) is 1.61. The van der Waals surface area contributed by atoms with Crippen LogP contribution in [-0.2, 0) is 0 Å². The molecule has 86 valence electrons. The minimum Gasteiger partial charge on any atom is -0.507 e. The lowest BCUT2D eigenvalue weighted by atomic mass is 9.93. The Labute approximate surface area is 103 Å². The largest absolute Gasteiger partial charge is 0.507 e. The van der Waals surface area contributed by atoms with Crippen molar-refractivity contribution in [2.45, 2.75) is 0 Å². The van der Waals surface area contributed by atoms with Crippen LogP contribution in [0.15, 0.2) is 48.5 Å². The first-order valence-electron chi connectivity index (χ1n) is 5.84. The summed E-state index contributed by atoms with van der Waals surface area (Å²) in [6, 6.07) is 15.3. The van der Waals surface area contributed by atoms with Crippen LogP contribution in [0, 0.1) is 0 Å². The van der Waals surface area contributed by atoms with Gasteiger partial charge in [0.1, 0.15) is 11.5 Å². The fraction of sp³-hybridized carbons (Fsp3) is 0. The number of benzene rings is 4. The van der Waals surface area contributed by atoms with Gasteiger partial charge in [0.15, 0.2) is 0 Å². The van der Waals surface area contributed by atoms with Gasteiger partial charge in [-0.1, -0.05) is 30.3 Å². The van der Waals surface area contributed by atoms with E-state index in [1.165, 1.54) is 6.07 Å². The molecule has 4 aromatic rings. The van der Waals surface area contributed by atoms with Crippen molar-refractivity contribution >= 4 is 32.3 Å². The number of hydrogen-bond donors (Lipinski definition) is 2. The number of rotatable bonds is 0. The van der Waals surface area contributed by atoms with Crippen molar-refractivity contribution < 1.29 is 10.2 Å². The van der Waals surface area contributed by atoms with E-state index in [0.29, 0.717) is 0 Å². The SMILES string of the molecule is Oc1cc(O)c2ccc3cccc4ccc1c2c43. The Morgan fingerprint density at radius 2 is 1.17 bits per heavy atom. The van der Waals surface area contributed by atoms with Gasteiger partial charge in [-0.25, -0.2) is 0 Å². The summed E-state index contributed by atoms with van der Waals surface area (Å²) in [4.78, 5) is 0. The molecule has 0 heterocycles. The van der Waals surface area contributed by atoms with Crippen molar-refractivity contribution in [3.8, 4) is 11.5 Å². The minimum absolute atomic E-state index is 0.123. The molecule has 0 fully saturated rings. The molecular formula is C16H10O2. The van der Waals surface area contributed by atoms with Crippen molar-refractivity contribution in [1.82, 2.24) is 0 Å². The van der Waals surface area contributed by atoms with Crippen LogP contribution in [0.5, 0.6) is 11.5 Å². The highest BCUT2D eigenvalue weighted by Crippen LogP contribution is 2.41. The Hall–Kier alpha value is -2.48. The zero-order valence-electron chi connectivity index (χ0n) is 9.51. The second kappa shape index (κ2) is 3.05. The number of phenols is 2. The number of hydrogen-bond acceptors (Lipinski definition) is 2. The number of aromatic hydroxyl groups is 2. The van der Waals surface area contributed by atoms with Gasteiger partial charge in [-0.3, -0.25) is 0 Å². The molecule has 0 atom stereocenters. The molecular weight excluding hydrogens is 224 g/mol. The summed E-state index contributed by atoms with van der Waals surface area (Å²) in [5, 5.41) is 25.8. The van der Waals surface area contributed by atoms with E-state index >= 15 is 0 Å². The van der Waals surface area contributed by atoms with Gasteiger partial charge in [0, 0.05) is 22.2 Å². The van der Waals surface area contributed by atoms with E-state index in [-0.39, 0.29) is 11.5 Å². The molecule has 2 heteroatoms. The Morgan fingerprint density at radius 1 is 0.611 bits per heavy atom. The average Bonchev–Trinajstić information content (AvgIpc) is 2.38. The van der Waals surface area contributed by atoms with E-state index in [1.807, 2.05) is 42.5 Å². The maximum absolute atomic E-state index is 9.97. The molecule has 2 nitrogen and oxygen atoms in total. The Balaban J connectivity index is 2.48. The molecule has 0 spiro atoms. The summed E-state index contributed by atoms with van der Waals surface area (Å²) in [6.07, 6.45) is 0. The van der Waals surface area contributed by atoms with Gasteiger partial charge in [-0.15, -0.1) is 0 Å². The van der Waals surface area contributed by atoms with Crippen LogP contribution in [0.25, 0.3) is 32.3 Å². The normalized spacial score (nSPS) is 11.8. The smallest absolute Gasteiger partial charge is 0.127 e. The summed E-state index contributed by atoms with van der Waals surface area (Å²) in [6.45, 7) is 0. The molecule has 0 bridgehead atoms. The summed E-state index contributed by atoms with van der Waals surface area (Å²) in [7, 11) is 0. The third kappa shape index (κ3) is 1.02. The fourth-order valence-electron chi connectivity index (χ4n) is 2.79. The van der Waals surface area contributed by atoms with E-state index in [0.717, 1.165) is 32.3 Å². The van der Waals surface area contributed by atoms with Crippen molar-refractivity contribution in [2.75, 3.05) is 0 Å². The van der Waals surface area contributed by atoms with Crippen molar-refractivity contribution in [3.05, 3.63) is 48.5 Å². The first kappa shape index (κ1) is 9.54. The van der Waals surface area contributed by atoms with Gasteiger partial charge < -0.3 is 10.2 Å². The zero-order valence-corrected chi connectivity index (χ0v) is 9.51. The molecule has 0 saturated heterocycles. The third-order valence-electron chi connectivity index (χ3n) is 3.60. The third-order valence-corrected chi connectivity index (χ3v) is 3.60. The highest BCUT2D eigenvalue weighted by Gasteiger charge is 2.13. The van der Waals surface area contributed by atoms with Gasteiger partial charge in [0.25, 0.3) is 0 Å².